The fraction of sp³-hybridized carbons (Fsp3) is 0.536. The van der Waals surface area contributed by atoms with Crippen LogP contribution in [0.3, 0.4) is 0 Å². The van der Waals surface area contributed by atoms with E-state index in [-0.39, 0.29) is 25.3 Å². The Morgan fingerprint density at radius 3 is 2.86 bits per heavy atom. The number of carbonyl (C=O) groups excluding carboxylic acids is 4. The molecule has 14 heteroatoms. The highest BCUT2D eigenvalue weighted by Crippen LogP contribution is 2.33. The first-order chi connectivity index (χ1) is 19.8. The van der Waals surface area contributed by atoms with Gasteiger partial charge in [-0.2, -0.15) is 12.6 Å². The molecule has 0 fully saturated rings. The number of imidazole rings is 1. The molecule has 4 heterocycles. The van der Waals surface area contributed by atoms with Gasteiger partial charge in [0, 0.05) is 30.5 Å². The quantitative estimate of drug-likeness (QED) is 0.259. The van der Waals surface area contributed by atoms with Gasteiger partial charge in [-0.15, -0.1) is 11.8 Å². The van der Waals surface area contributed by atoms with E-state index >= 15 is 0 Å². The van der Waals surface area contributed by atoms with Crippen LogP contribution in [-0.4, -0.2) is 85.5 Å². The normalized spacial score (nSPS) is 25.4. The van der Waals surface area contributed by atoms with E-state index in [0.717, 1.165) is 5.71 Å². The number of thiol groups is 1. The molecule has 3 aliphatic rings. The third-order valence-corrected chi connectivity index (χ3v) is 7.93. The molecule has 4 bridgehead atoms. The summed E-state index contributed by atoms with van der Waals surface area (Å²) in [7, 11) is 0. The lowest BCUT2D eigenvalue weighted by atomic mass is 10.0. The van der Waals surface area contributed by atoms with Crippen molar-refractivity contribution >= 4 is 59.0 Å². The number of hydrogen-bond acceptors (Lipinski definition) is 11. The van der Waals surface area contributed by atoms with Crippen LogP contribution in [0.1, 0.15) is 52.7 Å². The molecule has 4 rings (SSSR count). The summed E-state index contributed by atoms with van der Waals surface area (Å²) in [6.07, 6.45) is 7.57. The number of amides is 2. The van der Waals surface area contributed by atoms with E-state index in [1.54, 1.807) is 39.8 Å². The number of ether oxygens (including phenoxy) is 2. The van der Waals surface area contributed by atoms with Crippen LogP contribution in [0.25, 0.3) is 0 Å². The molecule has 0 unspecified atom stereocenters. The predicted octanol–water partition coefficient (Wildman–Crippen LogP) is 2.63. The van der Waals surface area contributed by atoms with Gasteiger partial charge >= 0.3 is 12.1 Å². The summed E-state index contributed by atoms with van der Waals surface area (Å²) in [6, 6.07) is -1.17. The summed E-state index contributed by atoms with van der Waals surface area (Å²) in [5, 5.41) is 6.27. The second-order valence-corrected chi connectivity index (χ2v) is 12.7. The molecule has 1 aromatic heterocycles. The molecule has 0 saturated heterocycles. The lowest BCUT2D eigenvalue weighted by Gasteiger charge is -2.25. The van der Waals surface area contributed by atoms with Crippen LogP contribution < -0.4 is 10.6 Å². The van der Waals surface area contributed by atoms with Crippen molar-refractivity contribution in [1.82, 2.24) is 20.2 Å². The molecular formula is C28H36N6O6S2. The Hall–Kier alpha value is -3.39. The molecule has 3 atom stereocenters. The number of thioether (sulfide) groups is 1. The number of hydrogen-bond donors (Lipinski definition) is 3. The largest absolute Gasteiger partial charge is 0.456 e. The van der Waals surface area contributed by atoms with Crippen molar-refractivity contribution in [2.75, 3.05) is 18.1 Å². The zero-order valence-electron chi connectivity index (χ0n) is 24.1. The molecule has 0 radical (unpaired) electrons. The van der Waals surface area contributed by atoms with E-state index in [1.165, 1.54) is 28.9 Å². The molecule has 0 saturated carbocycles. The highest BCUT2D eigenvalue weighted by atomic mass is 32.2. The standard InChI is InChI=1S/C28H36N6O6S2/c1-27(2,3)40-26(38)34-14-18(30-16-34)11-21-24(36)39-19(7-5-6-10-41)12-22(35)29-13-17-8-9-20(31-17)23-33-28(4,15-42-23)25(37)32-21/h5,7,9,14,16,19,21,41H,6,8,10-13,15H2,1-4H3,(H,29,35)(H,32,37)/b7-5+/t19-,21+,28+/m1/s1. The number of carbonyl (C=O) groups is 4. The molecule has 42 heavy (non-hydrogen) atoms. The van der Waals surface area contributed by atoms with Gasteiger partial charge in [0.25, 0.3) is 0 Å². The van der Waals surface area contributed by atoms with E-state index in [9.17, 15) is 19.2 Å². The summed E-state index contributed by atoms with van der Waals surface area (Å²) >= 11 is 5.61. The van der Waals surface area contributed by atoms with E-state index in [4.69, 9.17) is 9.47 Å². The average molecular weight is 617 g/mol. The van der Waals surface area contributed by atoms with Gasteiger partial charge in [-0.25, -0.2) is 19.1 Å². The summed E-state index contributed by atoms with van der Waals surface area (Å²) in [6.45, 7) is 7.20. The Bertz CT molecular complexity index is 1360. The number of nitrogens with one attached hydrogen (secondary N) is 2. The van der Waals surface area contributed by atoms with Crippen molar-refractivity contribution in [3.63, 3.8) is 0 Å². The predicted molar refractivity (Wildman–Crippen MR) is 163 cm³/mol. The van der Waals surface area contributed by atoms with E-state index in [1.807, 2.05) is 6.08 Å². The molecular weight excluding hydrogens is 580 g/mol. The lowest BCUT2D eigenvalue weighted by Crippen LogP contribution is -2.52. The molecule has 1 aromatic rings. The maximum Gasteiger partial charge on any atom is 0.419 e. The first-order valence-electron chi connectivity index (χ1n) is 13.7. The first kappa shape index (κ1) is 31.5. The van der Waals surface area contributed by atoms with Gasteiger partial charge in [0.2, 0.25) is 11.8 Å². The second-order valence-electron chi connectivity index (χ2n) is 11.3. The summed E-state index contributed by atoms with van der Waals surface area (Å²) in [4.78, 5) is 65.9. The van der Waals surface area contributed by atoms with Crippen LogP contribution in [-0.2, 0) is 30.3 Å². The highest BCUT2D eigenvalue weighted by molar-refractivity contribution is 8.14. The zero-order valence-corrected chi connectivity index (χ0v) is 25.8. The average Bonchev–Trinajstić information content (AvgIpc) is 3.66. The SMILES string of the molecule is CC(C)(C)OC(=O)n1cnc(C[C@@H]2NC(=O)[C@]3(C)CSC(=N3)C3=CCC(=N3)CNC(=O)C[C@@H](/C=C/CCS)OC2=O)c1. The maximum atomic E-state index is 13.6. The summed E-state index contributed by atoms with van der Waals surface area (Å²) in [5.41, 5.74) is -0.0592. The summed E-state index contributed by atoms with van der Waals surface area (Å²) in [5.74, 6) is -0.591. The Morgan fingerprint density at radius 2 is 2.12 bits per heavy atom. The number of fused-ring (bicyclic) bond motifs is 3. The molecule has 0 aliphatic carbocycles. The van der Waals surface area contributed by atoms with Gasteiger partial charge < -0.3 is 20.1 Å². The Morgan fingerprint density at radius 1 is 1.33 bits per heavy atom. The monoisotopic (exact) mass is 616 g/mol. The van der Waals surface area contributed by atoms with Crippen LogP contribution in [0.5, 0.6) is 0 Å². The van der Waals surface area contributed by atoms with E-state index in [2.05, 4.69) is 38.2 Å². The van der Waals surface area contributed by atoms with Crippen molar-refractivity contribution in [2.45, 2.75) is 76.7 Å². The Labute approximate surface area is 254 Å². The highest BCUT2D eigenvalue weighted by Gasteiger charge is 2.41. The number of cyclic esters (lactones) is 1. The molecule has 3 aliphatic heterocycles. The van der Waals surface area contributed by atoms with Crippen molar-refractivity contribution in [3.05, 3.63) is 42.1 Å². The van der Waals surface area contributed by atoms with Crippen molar-refractivity contribution in [2.24, 2.45) is 9.98 Å². The smallest absolute Gasteiger partial charge is 0.419 e. The third kappa shape index (κ3) is 8.34. The Balaban J connectivity index is 1.62. The molecule has 226 valence electrons. The molecule has 0 spiro atoms. The van der Waals surface area contributed by atoms with Gasteiger partial charge in [0.15, 0.2) is 0 Å². The topological polar surface area (TPSA) is 153 Å². The molecule has 0 aromatic carbocycles. The minimum Gasteiger partial charge on any atom is -0.456 e. The number of nitrogens with zero attached hydrogens (tertiary/aromatic N) is 4. The van der Waals surface area contributed by atoms with Gasteiger partial charge in [-0.1, -0.05) is 12.2 Å². The number of allylic oxidation sites excluding steroid dienone is 2. The van der Waals surface area contributed by atoms with Gasteiger partial charge in [0.1, 0.15) is 34.7 Å². The van der Waals surface area contributed by atoms with Gasteiger partial charge in [-0.05, 0) is 45.9 Å². The molecule has 12 nitrogen and oxygen atoms in total. The van der Waals surface area contributed by atoms with Crippen molar-refractivity contribution < 1.29 is 28.7 Å². The second kappa shape index (κ2) is 13.3. The number of aromatic nitrogens is 2. The van der Waals surface area contributed by atoms with Crippen molar-refractivity contribution in [3.8, 4) is 0 Å². The zero-order chi connectivity index (χ0) is 30.5. The summed E-state index contributed by atoms with van der Waals surface area (Å²) < 4.78 is 12.3. The van der Waals surface area contributed by atoms with Crippen LogP contribution in [0.15, 0.2) is 46.4 Å². The molecule has 2 N–H and O–H groups in total. The van der Waals surface area contributed by atoms with Crippen LogP contribution in [0.2, 0.25) is 0 Å². The third-order valence-electron chi connectivity index (χ3n) is 6.39. The Kier molecular flexibility index (Phi) is 9.97. The van der Waals surface area contributed by atoms with Crippen molar-refractivity contribution in [1.29, 1.82) is 0 Å². The van der Waals surface area contributed by atoms with Gasteiger partial charge in [-0.3, -0.25) is 19.6 Å². The lowest BCUT2D eigenvalue weighted by molar-refractivity contribution is -0.152. The van der Waals surface area contributed by atoms with E-state index in [0.29, 0.717) is 40.8 Å². The fourth-order valence-corrected chi connectivity index (χ4v) is 5.53. The minimum atomic E-state index is -1.17. The number of esters is 1. The number of aliphatic imine (C=N–C) groups is 2. The van der Waals surface area contributed by atoms with Crippen LogP contribution >= 0.6 is 24.4 Å². The van der Waals surface area contributed by atoms with E-state index < -0.39 is 41.3 Å². The molecule has 2 amide bonds. The van der Waals surface area contributed by atoms with Crippen LogP contribution in [0, 0.1) is 0 Å². The maximum absolute atomic E-state index is 13.6. The van der Waals surface area contributed by atoms with Crippen LogP contribution in [0.4, 0.5) is 4.79 Å². The first-order valence-corrected chi connectivity index (χ1v) is 15.3. The number of rotatable bonds is 5. The minimum absolute atomic E-state index is 0.0712. The fourth-order valence-electron chi connectivity index (χ4n) is 4.23. The van der Waals surface area contributed by atoms with Gasteiger partial charge in [0.05, 0.1) is 24.4 Å².